The minimum atomic E-state index is -0.260. The fraction of sp³-hybridized carbons (Fsp3) is 0. The summed E-state index contributed by atoms with van der Waals surface area (Å²) < 4.78 is 14.1. The van der Waals surface area contributed by atoms with Crippen LogP contribution >= 0.6 is 0 Å². The summed E-state index contributed by atoms with van der Waals surface area (Å²) in [5.41, 5.74) is 7.86. The normalized spacial score (nSPS) is 11.7. The number of rotatable bonds is 3. The van der Waals surface area contributed by atoms with Crippen LogP contribution in [-0.2, 0) is 0 Å². The predicted octanol–water partition coefficient (Wildman–Crippen LogP) is 11.4. The highest BCUT2D eigenvalue weighted by molar-refractivity contribution is 6.33. The monoisotopic (exact) mass is 576 g/mol. The number of halogens is 1. The molecule has 0 bridgehead atoms. The van der Waals surface area contributed by atoms with Gasteiger partial charge in [0.05, 0.1) is 22.4 Å². The van der Waals surface area contributed by atoms with Gasteiger partial charge in [0.25, 0.3) is 0 Å². The molecule has 9 aromatic rings. The molecule has 2 heterocycles. The zero-order valence-corrected chi connectivity index (χ0v) is 24.2. The minimum absolute atomic E-state index is 0.260. The van der Waals surface area contributed by atoms with Gasteiger partial charge in [-0.2, -0.15) is 0 Å². The molecule has 0 amide bonds. The molecule has 0 unspecified atom stereocenters. The van der Waals surface area contributed by atoms with Crippen LogP contribution in [0, 0.1) is 5.82 Å². The maximum absolute atomic E-state index is 14.1. The van der Waals surface area contributed by atoms with E-state index in [0.717, 1.165) is 71.6 Å². The van der Waals surface area contributed by atoms with Crippen molar-refractivity contribution < 1.29 is 4.39 Å². The van der Waals surface area contributed by atoms with Crippen molar-refractivity contribution in [3.63, 3.8) is 0 Å². The Hall–Kier alpha value is -5.93. The predicted molar refractivity (Wildman–Crippen MR) is 186 cm³/mol. The van der Waals surface area contributed by atoms with E-state index >= 15 is 0 Å². The first-order valence-corrected chi connectivity index (χ1v) is 15.1. The first kappa shape index (κ1) is 25.6. The first-order chi connectivity index (χ1) is 22.2. The summed E-state index contributed by atoms with van der Waals surface area (Å²) in [6.45, 7) is 0. The van der Waals surface area contributed by atoms with Crippen LogP contribution in [0.5, 0.6) is 0 Å². The molecule has 0 fully saturated rings. The van der Waals surface area contributed by atoms with Crippen molar-refractivity contribution >= 4 is 54.1 Å². The van der Waals surface area contributed by atoms with Gasteiger partial charge in [0.1, 0.15) is 5.82 Å². The molecular formula is C42H25FN2. The molecule has 0 N–H and O–H groups in total. The summed E-state index contributed by atoms with van der Waals surface area (Å²) in [7, 11) is 0. The van der Waals surface area contributed by atoms with Gasteiger partial charge in [0.2, 0.25) is 0 Å². The van der Waals surface area contributed by atoms with Crippen molar-refractivity contribution in [2.75, 3.05) is 0 Å². The highest BCUT2D eigenvalue weighted by Crippen LogP contribution is 2.43. The number of benzene rings is 7. The highest BCUT2D eigenvalue weighted by Gasteiger charge is 2.18. The molecule has 2 aromatic heterocycles. The Kier molecular flexibility index (Phi) is 5.72. The fourth-order valence-corrected chi connectivity index (χ4v) is 6.74. The third kappa shape index (κ3) is 4.16. The molecule has 9 rings (SSSR count). The molecule has 45 heavy (non-hydrogen) atoms. The van der Waals surface area contributed by atoms with Gasteiger partial charge in [-0.1, -0.05) is 109 Å². The topological polar surface area (TPSA) is 25.8 Å². The molecule has 0 aliphatic heterocycles. The van der Waals surface area contributed by atoms with Gasteiger partial charge < -0.3 is 0 Å². The van der Waals surface area contributed by atoms with Gasteiger partial charge in [-0.25, -0.2) is 14.4 Å². The van der Waals surface area contributed by atoms with E-state index in [1.165, 1.54) is 28.3 Å². The summed E-state index contributed by atoms with van der Waals surface area (Å²) in [6.07, 6.45) is 0. The molecule has 0 spiro atoms. The Labute approximate surface area is 259 Å². The van der Waals surface area contributed by atoms with Crippen molar-refractivity contribution in [3.8, 4) is 33.6 Å². The van der Waals surface area contributed by atoms with E-state index in [9.17, 15) is 4.39 Å². The second-order valence-corrected chi connectivity index (χ2v) is 11.5. The summed E-state index contributed by atoms with van der Waals surface area (Å²) in [5.74, 6) is -0.260. The SMILES string of the molecule is Fc1ccc(-c2nc3cc(-c4ccc(-c5ccc6ccccc6n5)cc4)ccc3c3c4ccccc4c4ccccc4c23)cc1. The van der Waals surface area contributed by atoms with E-state index < -0.39 is 0 Å². The fourth-order valence-electron chi connectivity index (χ4n) is 6.74. The molecule has 0 radical (unpaired) electrons. The molecule has 0 aliphatic carbocycles. The molecule has 0 aliphatic rings. The number of fused-ring (bicyclic) bond motifs is 9. The Morgan fingerprint density at radius 1 is 0.378 bits per heavy atom. The van der Waals surface area contributed by atoms with Crippen molar-refractivity contribution in [1.82, 2.24) is 9.97 Å². The Bertz CT molecular complexity index is 2590. The van der Waals surface area contributed by atoms with Gasteiger partial charge in [-0.3, -0.25) is 0 Å². The van der Waals surface area contributed by atoms with Gasteiger partial charge in [0.15, 0.2) is 0 Å². The van der Waals surface area contributed by atoms with E-state index in [4.69, 9.17) is 9.97 Å². The summed E-state index contributed by atoms with van der Waals surface area (Å²) in [6, 6.07) is 51.3. The minimum Gasteiger partial charge on any atom is -0.248 e. The van der Waals surface area contributed by atoms with E-state index in [-0.39, 0.29) is 5.82 Å². The second kappa shape index (κ2) is 10.1. The summed E-state index contributed by atoms with van der Waals surface area (Å²) in [5, 5.41) is 9.20. The quantitative estimate of drug-likeness (QED) is 0.196. The highest BCUT2D eigenvalue weighted by atomic mass is 19.1. The molecule has 210 valence electrons. The third-order valence-corrected chi connectivity index (χ3v) is 8.90. The van der Waals surface area contributed by atoms with Crippen LogP contribution in [0.25, 0.3) is 87.8 Å². The Balaban J connectivity index is 1.26. The lowest BCUT2D eigenvalue weighted by atomic mass is 9.89. The van der Waals surface area contributed by atoms with Crippen molar-refractivity contribution in [2.24, 2.45) is 0 Å². The van der Waals surface area contributed by atoms with Crippen LogP contribution in [-0.4, -0.2) is 9.97 Å². The number of nitrogens with zero attached hydrogens (tertiary/aromatic N) is 2. The van der Waals surface area contributed by atoms with Gasteiger partial charge in [-0.15, -0.1) is 0 Å². The lowest BCUT2D eigenvalue weighted by Crippen LogP contribution is -1.94. The van der Waals surface area contributed by atoms with E-state index in [1.807, 2.05) is 30.3 Å². The van der Waals surface area contributed by atoms with Crippen LogP contribution in [0.15, 0.2) is 152 Å². The zero-order chi connectivity index (χ0) is 29.9. The van der Waals surface area contributed by atoms with Crippen LogP contribution < -0.4 is 0 Å². The maximum Gasteiger partial charge on any atom is 0.123 e. The maximum atomic E-state index is 14.1. The number of pyridine rings is 2. The smallest absolute Gasteiger partial charge is 0.123 e. The largest absolute Gasteiger partial charge is 0.248 e. The number of para-hydroxylation sites is 1. The van der Waals surface area contributed by atoms with Gasteiger partial charge in [0, 0.05) is 32.7 Å². The molecule has 0 saturated heterocycles. The standard InChI is InChI=1S/C42H25FN2/c43-31-21-17-29(18-22-31)42-41-35-11-5-3-9-33(35)32-8-2-4-10-34(32)40(41)36-23-19-30(25-39(36)45-42)26-13-15-28(16-14-26)38-24-20-27-7-1-6-12-37(27)44-38/h1-25H. The summed E-state index contributed by atoms with van der Waals surface area (Å²) in [4.78, 5) is 10.2. The van der Waals surface area contributed by atoms with Crippen LogP contribution in [0.4, 0.5) is 4.39 Å². The molecule has 0 saturated carbocycles. The van der Waals surface area contributed by atoms with Crippen LogP contribution in [0.2, 0.25) is 0 Å². The van der Waals surface area contributed by atoms with E-state index in [2.05, 4.69) is 109 Å². The number of hydrogen-bond donors (Lipinski definition) is 0. The molecule has 7 aromatic carbocycles. The van der Waals surface area contributed by atoms with Crippen molar-refractivity contribution in [2.45, 2.75) is 0 Å². The molecule has 2 nitrogen and oxygen atoms in total. The van der Waals surface area contributed by atoms with Gasteiger partial charge in [-0.05, 0) is 75.1 Å². The van der Waals surface area contributed by atoms with Crippen molar-refractivity contribution in [1.29, 1.82) is 0 Å². The van der Waals surface area contributed by atoms with Crippen LogP contribution in [0.1, 0.15) is 0 Å². The first-order valence-electron chi connectivity index (χ1n) is 15.1. The molecular weight excluding hydrogens is 551 g/mol. The average Bonchev–Trinajstić information content (AvgIpc) is 3.11. The lowest BCUT2D eigenvalue weighted by molar-refractivity contribution is 0.628. The lowest BCUT2D eigenvalue weighted by Gasteiger charge is -2.17. The number of aromatic nitrogens is 2. The summed E-state index contributed by atoms with van der Waals surface area (Å²) >= 11 is 0. The van der Waals surface area contributed by atoms with E-state index in [1.54, 1.807) is 0 Å². The van der Waals surface area contributed by atoms with Gasteiger partial charge >= 0.3 is 0 Å². The zero-order valence-electron chi connectivity index (χ0n) is 24.2. The molecule has 3 heteroatoms. The second-order valence-electron chi connectivity index (χ2n) is 11.5. The van der Waals surface area contributed by atoms with E-state index in [0.29, 0.717) is 0 Å². The Morgan fingerprint density at radius 2 is 0.978 bits per heavy atom. The van der Waals surface area contributed by atoms with Crippen LogP contribution in [0.3, 0.4) is 0 Å². The Morgan fingerprint density at radius 3 is 1.73 bits per heavy atom. The third-order valence-electron chi connectivity index (χ3n) is 8.90. The number of hydrogen-bond acceptors (Lipinski definition) is 2. The van der Waals surface area contributed by atoms with Crippen molar-refractivity contribution in [3.05, 3.63) is 157 Å². The average molecular weight is 577 g/mol. The molecule has 0 atom stereocenters.